The molecule has 0 aromatic heterocycles. The molecule has 1 fully saturated rings. The molecule has 8 nitrogen and oxygen atoms in total. The maximum atomic E-state index is 13.1. The smallest absolute Gasteiger partial charge is 0.259 e. The standard InChI is InChI=1S/C20H21N5O3/c1-11(2)24(23-21)10-12-6-7-15-18-13(12)4-3-5-14(18)20(28)25(15)16-8-9-17(26)22-19(16)27/h3-7,11,16,21H,8-10H2,1-2H3,(H,22,26,27). The Balaban J connectivity index is 1.79. The Morgan fingerprint density at radius 2 is 2.04 bits per heavy atom. The summed E-state index contributed by atoms with van der Waals surface area (Å²) in [6.45, 7) is 4.38. The monoisotopic (exact) mass is 379 g/mol. The summed E-state index contributed by atoms with van der Waals surface area (Å²) < 4.78 is 0. The van der Waals surface area contributed by atoms with Gasteiger partial charge in [0.1, 0.15) is 6.04 Å². The normalized spacial score (nSPS) is 18.8. The largest absolute Gasteiger partial charge is 0.295 e. The fourth-order valence-corrected chi connectivity index (χ4v) is 3.95. The van der Waals surface area contributed by atoms with Crippen molar-refractivity contribution in [2.75, 3.05) is 4.90 Å². The van der Waals surface area contributed by atoms with Crippen molar-refractivity contribution in [1.82, 2.24) is 10.3 Å². The predicted molar refractivity (Wildman–Crippen MR) is 103 cm³/mol. The SMILES string of the molecule is CC(C)N(Cc1ccc2c3c(cccc13)C(=O)N2C1CCC(=O)NC1=O)N=N. The summed E-state index contributed by atoms with van der Waals surface area (Å²) >= 11 is 0. The molecule has 0 bridgehead atoms. The van der Waals surface area contributed by atoms with Gasteiger partial charge in [-0.25, -0.2) is 0 Å². The van der Waals surface area contributed by atoms with Gasteiger partial charge in [0.2, 0.25) is 11.8 Å². The van der Waals surface area contributed by atoms with Gasteiger partial charge in [0.25, 0.3) is 5.91 Å². The van der Waals surface area contributed by atoms with Crippen LogP contribution in [-0.4, -0.2) is 34.8 Å². The Morgan fingerprint density at radius 1 is 1.25 bits per heavy atom. The summed E-state index contributed by atoms with van der Waals surface area (Å²) in [6, 6.07) is 8.68. The number of nitrogens with zero attached hydrogens (tertiary/aromatic N) is 3. The molecule has 2 aromatic carbocycles. The number of hydrogen-bond donors (Lipinski definition) is 2. The fourth-order valence-electron chi connectivity index (χ4n) is 3.95. The number of rotatable bonds is 5. The van der Waals surface area contributed by atoms with Crippen LogP contribution in [0.5, 0.6) is 0 Å². The highest BCUT2D eigenvalue weighted by molar-refractivity contribution is 6.27. The molecular formula is C20H21N5O3. The first-order chi connectivity index (χ1) is 13.4. The van der Waals surface area contributed by atoms with Gasteiger partial charge in [-0.2, -0.15) is 5.53 Å². The average molecular weight is 379 g/mol. The molecule has 0 spiro atoms. The Hall–Kier alpha value is -3.29. The first-order valence-corrected chi connectivity index (χ1v) is 9.28. The molecule has 1 saturated heterocycles. The van der Waals surface area contributed by atoms with Gasteiger partial charge in [-0.05, 0) is 43.4 Å². The average Bonchev–Trinajstić information content (AvgIpc) is 2.95. The van der Waals surface area contributed by atoms with Crippen LogP contribution in [0, 0.1) is 5.53 Å². The summed E-state index contributed by atoms with van der Waals surface area (Å²) in [5, 5.41) is 9.31. The molecule has 1 unspecified atom stereocenters. The van der Waals surface area contributed by atoms with Gasteiger partial charge in [0.15, 0.2) is 0 Å². The molecule has 3 amide bonds. The van der Waals surface area contributed by atoms with E-state index in [9.17, 15) is 14.4 Å². The minimum absolute atomic E-state index is 0.0714. The molecule has 144 valence electrons. The molecule has 4 rings (SSSR count). The van der Waals surface area contributed by atoms with Crippen molar-refractivity contribution in [3.05, 3.63) is 41.5 Å². The third kappa shape index (κ3) is 2.72. The third-order valence-corrected chi connectivity index (χ3v) is 5.40. The van der Waals surface area contributed by atoms with Crippen LogP contribution in [0.2, 0.25) is 0 Å². The van der Waals surface area contributed by atoms with E-state index in [2.05, 4.69) is 10.5 Å². The maximum Gasteiger partial charge on any atom is 0.259 e. The zero-order chi connectivity index (χ0) is 20.0. The second-order valence-corrected chi connectivity index (χ2v) is 7.41. The van der Waals surface area contributed by atoms with E-state index in [1.807, 2.05) is 38.1 Å². The second kappa shape index (κ2) is 6.70. The summed E-state index contributed by atoms with van der Waals surface area (Å²) in [5.41, 5.74) is 9.60. The molecule has 0 saturated carbocycles. The van der Waals surface area contributed by atoms with Crippen molar-refractivity contribution < 1.29 is 14.4 Å². The highest BCUT2D eigenvalue weighted by Crippen LogP contribution is 2.41. The van der Waals surface area contributed by atoms with Crippen molar-refractivity contribution in [3.63, 3.8) is 0 Å². The van der Waals surface area contributed by atoms with Crippen LogP contribution in [0.1, 0.15) is 42.6 Å². The van der Waals surface area contributed by atoms with Gasteiger partial charge in [-0.3, -0.25) is 29.6 Å². The Kier molecular flexibility index (Phi) is 4.33. The van der Waals surface area contributed by atoms with Crippen LogP contribution in [0.3, 0.4) is 0 Å². The number of piperidine rings is 1. The van der Waals surface area contributed by atoms with Crippen molar-refractivity contribution >= 4 is 34.2 Å². The van der Waals surface area contributed by atoms with Crippen LogP contribution in [0.15, 0.2) is 35.6 Å². The maximum absolute atomic E-state index is 13.1. The van der Waals surface area contributed by atoms with E-state index in [1.54, 1.807) is 11.1 Å². The lowest BCUT2D eigenvalue weighted by Gasteiger charge is -2.30. The number of carbonyl (C=O) groups excluding carboxylic acids is 3. The van der Waals surface area contributed by atoms with Gasteiger partial charge in [-0.15, -0.1) is 0 Å². The molecule has 0 aliphatic carbocycles. The first kappa shape index (κ1) is 18.1. The van der Waals surface area contributed by atoms with Crippen LogP contribution in [-0.2, 0) is 16.1 Å². The van der Waals surface area contributed by atoms with E-state index in [0.29, 0.717) is 24.2 Å². The lowest BCUT2D eigenvalue weighted by atomic mass is 10.00. The summed E-state index contributed by atoms with van der Waals surface area (Å²) in [5.74, 6) is -0.967. The number of imide groups is 1. The van der Waals surface area contributed by atoms with Gasteiger partial charge in [-0.1, -0.05) is 23.4 Å². The number of anilines is 1. The van der Waals surface area contributed by atoms with Gasteiger partial charge in [0, 0.05) is 23.4 Å². The van der Waals surface area contributed by atoms with Crippen molar-refractivity contribution in [1.29, 1.82) is 5.53 Å². The van der Waals surface area contributed by atoms with Crippen LogP contribution in [0.4, 0.5) is 5.69 Å². The molecule has 8 heteroatoms. The predicted octanol–water partition coefficient (Wildman–Crippen LogP) is 2.76. The van der Waals surface area contributed by atoms with E-state index in [1.165, 1.54) is 4.90 Å². The molecule has 2 aliphatic rings. The summed E-state index contributed by atoms with van der Waals surface area (Å²) in [7, 11) is 0. The minimum Gasteiger partial charge on any atom is -0.295 e. The molecule has 2 N–H and O–H groups in total. The Bertz CT molecular complexity index is 1020. The van der Waals surface area contributed by atoms with Crippen molar-refractivity contribution in [2.24, 2.45) is 5.22 Å². The van der Waals surface area contributed by atoms with Crippen molar-refractivity contribution in [2.45, 2.75) is 45.3 Å². The molecule has 0 radical (unpaired) electrons. The zero-order valence-corrected chi connectivity index (χ0v) is 15.7. The number of carbonyl (C=O) groups is 3. The fraction of sp³-hybridized carbons (Fsp3) is 0.350. The quantitative estimate of drug-likeness (QED) is 0.473. The number of nitrogens with one attached hydrogen (secondary N) is 2. The minimum atomic E-state index is -0.693. The molecule has 2 aromatic rings. The third-order valence-electron chi connectivity index (χ3n) is 5.40. The number of hydrogen-bond acceptors (Lipinski definition) is 5. The lowest BCUT2D eigenvalue weighted by Crippen LogP contribution is -2.53. The summed E-state index contributed by atoms with van der Waals surface area (Å²) in [6.07, 6.45) is 0.526. The van der Waals surface area contributed by atoms with E-state index in [0.717, 1.165) is 16.3 Å². The van der Waals surface area contributed by atoms with Gasteiger partial charge in [0.05, 0.1) is 12.2 Å². The number of amides is 3. The summed E-state index contributed by atoms with van der Waals surface area (Å²) in [4.78, 5) is 38.5. The van der Waals surface area contributed by atoms with Crippen LogP contribution >= 0.6 is 0 Å². The van der Waals surface area contributed by atoms with Crippen molar-refractivity contribution in [3.8, 4) is 0 Å². The first-order valence-electron chi connectivity index (χ1n) is 9.28. The zero-order valence-electron chi connectivity index (χ0n) is 15.7. The molecule has 28 heavy (non-hydrogen) atoms. The number of benzene rings is 2. The van der Waals surface area contributed by atoms with E-state index < -0.39 is 11.9 Å². The second-order valence-electron chi connectivity index (χ2n) is 7.41. The van der Waals surface area contributed by atoms with Gasteiger partial charge < -0.3 is 0 Å². The van der Waals surface area contributed by atoms with E-state index in [-0.39, 0.29) is 24.3 Å². The molecule has 2 aliphatic heterocycles. The highest BCUT2D eigenvalue weighted by atomic mass is 16.2. The Morgan fingerprint density at radius 3 is 2.71 bits per heavy atom. The molecular weight excluding hydrogens is 358 g/mol. The lowest BCUT2D eigenvalue weighted by molar-refractivity contribution is -0.134. The van der Waals surface area contributed by atoms with Gasteiger partial charge >= 0.3 is 0 Å². The molecule has 2 heterocycles. The van der Waals surface area contributed by atoms with E-state index in [4.69, 9.17) is 5.53 Å². The highest BCUT2D eigenvalue weighted by Gasteiger charge is 2.40. The molecule has 1 atom stereocenters. The topological polar surface area (TPSA) is 106 Å². The Labute approximate surface area is 162 Å². The van der Waals surface area contributed by atoms with Crippen LogP contribution < -0.4 is 10.2 Å². The van der Waals surface area contributed by atoms with E-state index >= 15 is 0 Å². The van der Waals surface area contributed by atoms with Crippen LogP contribution in [0.25, 0.3) is 10.8 Å².